The van der Waals surface area contributed by atoms with E-state index >= 15 is 0 Å². The van der Waals surface area contributed by atoms with Gasteiger partial charge in [-0.2, -0.15) is 0 Å². The highest BCUT2D eigenvalue weighted by atomic mass is 19.1. The maximum atomic E-state index is 14.8. The second-order valence-electron chi connectivity index (χ2n) is 6.23. The van der Waals surface area contributed by atoms with E-state index in [1.165, 1.54) is 13.2 Å². The third kappa shape index (κ3) is 4.15. The van der Waals surface area contributed by atoms with Crippen LogP contribution in [-0.4, -0.2) is 45.3 Å². The van der Waals surface area contributed by atoms with Crippen LogP contribution < -0.4 is 14.8 Å². The lowest BCUT2D eigenvalue weighted by Crippen LogP contribution is -2.46. The third-order valence-corrected chi connectivity index (χ3v) is 4.65. The van der Waals surface area contributed by atoms with Gasteiger partial charge in [0.15, 0.2) is 11.5 Å². The molecule has 1 unspecified atom stereocenters. The van der Waals surface area contributed by atoms with E-state index in [2.05, 4.69) is 24.1 Å². The molecule has 1 aliphatic rings. The molecular formula is C18H29FN2O2. The molecule has 2 atom stereocenters. The lowest BCUT2D eigenvalue weighted by Gasteiger charge is -2.39. The Morgan fingerprint density at radius 1 is 1.17 bits per heavy atom. The van der Waals surface area contributed by atoms with Crippen molar-refractivity contribution in [1.29, 1.82) is 0 Å². The first kappa shape index (κ1) is 18.0. The van der Waals surface area contributed by atoms with Gasteiger partial charge in [-0.3, -0.25) is 4.90 Å². The number of benzene rings is 1. The number of hydrogen-bond donors (Lipinski definition) is 1. The minimum Gasteiger partial charge on any atom is -0.493 e. The van der Waals surface area contributed by atoms with Gasteiger partial charge in [-0.05, 0) is 18.4 Å². The van der Waals surface area contributed by atoms with Crippen molar-refractivity contribution in [3.05, 3.63) is 23.5 Å². The second kappa shape index (κ2) is 8.50. The molecule has 0 amide bonds. The number of nitrogens with one attached hydrogen (secondary N) is 1. The molecule has 2 rings (SSSR count). The Hall–Kier alpha value is -1.33. The van der Waals surface area contributed by atoms with Gasteiger partial charge in [0.25, 0.3) is 0 Å². The molecule has 0 aromatic heterocycles. The molecule has 4 nitrogen and oxygen atoms in total. The van der Waals surface area contributed by atoms with Crippen molar-refractivity contribution in [1.82, 2.24) is 10.2 Å². The first-order valence-electron chi connectivity index (χ1n) is 8.48. The lowest BCUT2D eigenvalue weighted by atomic mass is 9.88. The quantitative estimate of drug-likeness (QED) is 0.835. The van der Waals surface area contributed by atoms with Gasteiger partial charge in [-0.1, -0.05) is 20.3 Å². The smallest absolute Gasteiger partial charge is 0.163 e. The summed E-state index contributed by atoms with van der Waals surface area (Å²) in [5.41, 5.74) is 0.713. The number of hydrogen-bond acceptors (Lipinski definition) is 4. The van der Waals surface area contributed by atoms with Crippen molar-refractivity contribution in [3.63, 3.8) is 0 Å². The van der Waals surface area contributed by atoms with Crippen molar-refractivity contribution >= 4 is 0 Å². The fraction of sp³-hybridized carbons (Fsp3) is 0.667. The molecule has 23 heavy (non-hydrogen) atoms. The highest BCUT2D eigenvalue weighted by molar-refractivity contribution is 5.45. The third-order valence-electron chi connectivity index (χ3n) is 4.65. The van der Waals surface area contributed by atoms with E-state index in [9.17, 15) is 4.39 Å². The van der Waals surface area contributed by atoms with Crippen molar-refractivity contribution < 1.29 is 13.9 Å². The molecule has 1 saturated heterocycles. The van der Waals surface area contributed by atoms with Crippen molar-refractivity contribution in [2.45, 2.75) is 32.7 Å². The van der Waals surface area contributed by atoms with Gasteiger partial charge in [0.05, 0.1) is 14.2 Å². The Morgan fingerprint density at radius 2 is 1.78 bits per heavy atom. The number of ether oxygens (including phenoxy) is 2. The first-order chi connectivity index (χ1) is 11.1. The van der Waals surface area contributed by atoms with Crippen LogP contribution in [0.4, 0.5) is 4.39 Å². The zero-order chi connectivity index (χ0) is 16.8. The summed E-state index contributed by atoms with van der Waals surface area (Å²) in [5, 5.41) is 3.37. The van der Waals surface area contributed by atoms with E-state index in [1.54, 1.807) is 7.11 Å². The van der Waals surface area contributed by atoms with Crippen LogP contribution in [0.3, 0.4) is 0 Å². The van der Waals surface area contributed by atoms with Crippen LogP contribution in [0.2, 0.25) is 0 Å². The van der Waals surface area contributed by atoms with Gasteiger partial charge >= 0.3 is 0 Å². The highest BCUT2D eigenvalue weighted by Crippen LogP contribution is 2.38. The van der Waals surface area contributed by atoms with Crippen molar-refractivity contribution in [3.8, 4) is 11.5 Å². The molecule has 5 heteroatoms. The SMILES string of the molecule is CCCC(C)[C@@H](c1cc(OC)c(OC)cc1F)N1CCNCC1. The van der Waals surface area contributed by atoms with E-state index < -0.39 is 0 Å². The lowest BCUT2D eigenvalue weighted by molar-refractivity contribution is 0.122. The first-order valence-corrected chi connectivity index (χ1v) is 8.48. The van der Waals surface area contributed by atoms with Gasteiger partial charge in [0.2, 0.25) is 0 Å². The molecule has 1 heterocycles. The number of rotatable bonds is 7. The van der Waals surface area contributed by atoms with Crippen LogP contribution in [0.15, 0.2) is 12.1 Å². The van der Waals surface area contributed by atoms with Crippen LogP contribution in [0.1, 0.15) is 38.3 Å². The zero-order valence-electron chi connectivity index (χ0n) is 14.7. The summed E-state index contributed by atoms with van der Waals surface area (Å²) in [7, 11) is 3.12. The predicted molar refractivity (Wildman–Crippen MR) is 90.8 cm³/mol. The number of nitrogens with zero attached hydrogens (tertiary/aromatic N) is 1. The van der Waals surface area contributed by atoms with Crippen LogP contribution in [0.5, 0.6) is 11.5 Å². The van der Waals surface area contributed by atoms with E-state index in [-0.39, 0.29) is 11.9 Å². The summed E-state index contributed by atoms with van der Waals surface area (Å²) in [6.07, 6.45) is 2.17. The Bertz CT molecular complexity index is 504. The van der Waals surface area contributed by atoms with Gasteiger partial charge in [0.1, 0.15) is 5.82 Å². The van der Waals surface area contributed by atoms with Crippen LogP contribution in [-0.2, 0) is 0 Å². The number of halogens is 1. The minimum atomic E-state index is -0.214. The fourth-order valence-corrected chi connectivity index (χ4v) is 3.53. The molecule has 1 N–H and O–H groups in total. The average molecular weight is 324 g/mol. The normalized spacial score (nSPS) is 18.5. The molecule has 1 aromatic carbocycles. The van der Waals surface area contributed by atoms with Crippen LogP contribution in [0.25, 0.3) is 0 Å². The predicted octanol–water partition coefficient (Wildman–Crippen LogP) is 3.23. The summed E-state index contributed by atoms with van der Waals surface area (Å²) in [5.74, 6) is 1.20. The van der Waals surface area contributed by atoms with E-state index in [4.69, 9.17) is 9.47 Å². The summed E-state index contributed by atoms with van der Waals surface area (Å²) in [4.78, 5) is 2.39. The van der Waals surface area contributed by atoms with E-state index in [0.29, 0.717) is 23.0 Å². The molecule has 0 aliphatic carbocycles. The topological polar surface area (TPSA) is 33.7 Å². The molecule has 0 saturated carbocycles. The summed E-state index contributed by atoms with van der Waals surface area (Å²) >= 11 is 0. The van der Waals surface area contributed by atoms with Gasteiger partial charge in [-0.15, -0.1) is 0 Å². The largest absolute Gasteiger partial charge is 0.493 e. The molecule has 0 bridgehead atoms. The molecule has 0 spiro atoms. The number of methoxy groups -OCH3 is 2. The monoisotopic (exact) mass is 324 g/mol. The second-order valence-corrected chi connectivity index (χ2v) is 6.23. The maximum Gasteiger partial charge on any atom is 0.163 e. The Labute approximate surface area is 139 Å². The Balaban J connectivity index is 2.41. The molecular weight excluding hydrogens is 295 g/mol. The molecule has 1 aromatic rings. The van der Waals surface area contributed by atoms with E-state index in [0.717, 1.165) is 39.0 Å². The fourth-order valence-electron chi connectivity index (χ4n) is 3.53. The summed E-state index contributed by atoms with van der Waals surface area (Å²) in [6, 6.07) is 3.33. The zero-order valence-corrected chi connectivity index (χ0v) is 14.7. The summed E-state index contributed by atoms with van der Waals surface area (Å²) in [6.45, 7) is 8.16. The number of piperazine rings is 1. The summed E-state index contributed by atoms with van der Waals surface area (Å²) < 4.78 is 25.4. The minimum absolute atomic E-state index is 0.0665. The van der Waals surface area contributed by atoms with Gasteiger partial charge < -0.3 is 14.8 Å². The maximum absolute atomic E-state index is 14.8. The van der Waals surface area contributed by atoms with Gasteiger partial charge in [0, 0.05) is 43.9 Å². The Morgan fingerprint density at radius 3 is 2.35 bits per heavy atom. The van der Waals surface area contributed by atoms with Crippen LogP contribution in [0, 0.1) is 11.7 Å². The van der Waals surface area contributed by atoms with Crippen molar-refractivity contribution in [2.24, 2.45) is 5.92 Å². The average Bonchev–Trinajstić information content (AvgIpc) is 2.57. The van der Waals surface area contributed by atoms with Crippen molar-refractivity contribution in [2.75, 3.05) is 40.4 Å². The molecule has 0 radical (unpaired) electrons. The molecule has 1 aliphatic heterocycles. The Kier molecular flexibility index (Phi) is 6.66. The molecule has 130 valence electrons. The molecule has 1 fully saturated rings. The van der Waals surface area contributed by atoms with Crippen LogP contribution >= 0.6 is 0 Å². The highest BCUT2D eigenvalue weighted by Gasteiger charge is 2.30. The van der Waals surface area contributed by atoms with Gasteiger partial charge in [-0.25, -0.2) is 4.39 Å². The van der Waals surface area contributed by atoms with E-state index in [1.807, 2.05) is 6.07 Å². The standard InChI is InChI=1S/C18H29FN2O2/c1-5-6-13(2)18(21-9-7-20-8-10-21)14-11-16(22-3)17(23-4)12-15(14)19/h11-13,18,20H,5-10H2,1-4H3/t13?,18-/m0/s1.